The molecule has 1 aliphatic carbocycles. The molecular formula is C43H56F3N11O3. The van der Waals surface area contributed by atoms with Crippen LogP contribution in [0.15, 0.2) is 53.7 Å². The Morgan fingerprint density at radius 3 is 2.48 bits per heavy atom. The number of anilines is 4. The lowest BCUT2D eigenvalue weighted by molar-refractivity contribution is -0.132. The maximum atomic E-state index is 13.8. The summed E-state index contributed by atoms with van der Waals surface area (Å²) >= 11 is 0. The maximum Gasteiger partial charge on any atom is 0.269 e. The third kappa shape index (κ3) is 9.62. The van der Waals surface area contributed by atoms with Gasteiger partial charge in [-0.1, -0.05) is 6.07 Å². The summed E-state index contributed by atoms with van der Waals surface area (Å²) in [5, 5.41) is 18.3. The number of alkyl halides is 2. The van der Waals surface area contributed by atoms with E-state index in [4.69, 9.17) is 0 Å². The van der Waals surface area contributed by atoms with Gasteiger partial charge in [0.15, 0.2) is 0 Å². The van der Waals surface area contributed by atoms with E-state index in [0.717, 1.165) is 94.9 Å². The van der Waals surface area contributed by atoms with E-state index in [9.17, 15) is 27.9 Å². The van der Waals surface area contributed by atoms with Crippen molar-refractivity contribution in [2.24, 2.45) is 0 Å². The number of hydrogen-bond acceptors (Lipinski definition) is 12. The largest absolute Gasteiger partial charge is 0.388 e. The monoisotopic (exact) mass is 831 g/mol. The van der Waals surface area contributed by atoms with Crippen molar-refractivity contribution in [3.05, 3.63) is 70.7 Å². The number of aliphatic hydroxyl groups is 1. The van der Waals surface area contributed by atoms with Gasteiger partial charge in [0.05, 0.1) is 17.2 Å². The lowest BCUT2D eigenvalue weighted by Gasteiger charge is -2.36. The van der Waals surface area contributed by atoms with E-state index in [2.05, 4.69) is 45.3 Å². The number of piperazine rings is 1. The molecule has 4 fully saturated rings. The van der Waals surface area contributed by atoms with Crippen LogP contribution in [-0.2, 0) is 4.79 Å². The molecule has 6 heterocycles. The molecule has 322 valence electrons. The van der Waals surface area contributed by atoms with E-state index in [1.165, 1.54) is 16.8 Å². The van der Waals surface area contributed by atoms with Crippen molar-refractivity contribution in [1.29, 1.82) is 0 Å². The lowest BCUT2D eigenvalue weighted by atomic mass is 9.99. The summed E-state index contributed by atoms with van der Waals surface area (Å²) in [6.45, 7) is 9.03. The molecule has 0 unspecified atom stereocenters. The molecule has 4 aromatic rings. The van der Waals surface area contributed by atoms with Crippen molar-refractivity contribution in [3.8, 4) is 0 Å². The lowest BCUT2D eigenvalue weighted by Crippen LogP contribution is -2.47. The van der Waals surface area contributed by atoms with Crippen LogP contribution in [0, 0.1) is 5.82 Å². The Kier molecular flexibility index (Phi) is 12.7. The van der Waals surface area contributed by atoms with Crippen LogP contribution in [0.2, 0.25) is 0 Å². The number of halogens is 3. The van der Waals surface area contributed by atoms with E-state index >= 15 is 0 Å². The van der Waals surface area contributed by atoms with Crippen LogP contribution in [-0.4, -0.2) is 122 Å². The van der Waals surface area contributed by atoms with Crippen molar-refractivity contribution in [2.75, 3.05) is 79.3 Å². The van der Waals surface area contributed by atoms with Crippen molar-refractivity contribution in [2.45, 2.75) is 101 Å². The van der Waals surface area contributed by atoms with Crippen LogP contribution in [0.3, 0.4) is 0 Å². The van der Waals surface area contributed by atoms with Crippen LogP contribution in [0.1, 0.15) is 89.2 Å². The summed E-state index contributed by atoms with van der Waals surface area (Å²) in [6.07, 6.45) is 7.44. The molecule has 14 nitrogen and oxygen atoms in total. The second-order valence-electron chi connectivity index (χ2n) is 17.1. The number of fused-ring (bicyclic) bond motifs is 1. The minimum atomic E-state index is -2.96. The van der Waals surface area contributed by atoms with E-state index in [0.29, 0.717) is 57.0 Å². The number of rotatable bonds is 13. The number of carbonyl (C=O) groups excluding carboxylic acids is 1. The zero-order valence-electron chi connectivity index (χ0n) is 34.3. The molecule has 1 amide bonds. The summed E-state index contributed by atoms with van der Waals surface area (Å²) in [5.74, 6) is 1.93. The van der Waals surface area contributed by atoms with Gasteiger partial charge in [0.2, 0.25) is 11.9 Å². The summed E-state index contributed by atoms with van der Waals surface area (Å²) in [4.78, 5) is 53.4. The fourth-order valence-corrected chi connectivity index (χ4v) is 9.43. The third-order valence-corrected chi connectivity index (χ3v) is 12.8. The number of aromatic nitrogens is 5. The quantitative estimate of drug-likeness (QED) is 0.144. The molecule has 3 atom stereocenters. The number of nitrogens with zero attached hydrogens (tertiary/aromatic N) is 9. The maximum absolute atomic E-state index is 13.8. The molecule has 60 heavy (non-hydrogen) atoms. The molecule has 3 N–H and O–H groups in total. The molecule has 0 spiro atoms. The molecular weight excluding hydrogens is 776 g/mol. The fraction of sp³-hybridized carbons (Fsp3) is 0.581. The molecule has 4 aliphatic rings. The molecule has 3 aliphatic heterocycles. The Hall–Kier alpha value is -5.03. The SMILES string of the molecule is C[C@]1(O)CCC[C@@H]1n1c(=O)c(C(F)F)cc2cnc(NC3CCN(C(=O)CCCCN4CCN(c5cc(N[C@@H]6CCCN(c7cccc(F)c7)C6)ncn5)CC4)CC3)nc21. The highest BCUT2D eigenvalue weighted by Gasteiger charge is 2.40. The summed E-state index contributed by atoms with van der Waals surface area (Å²) in [6, 6.07) is 9.48. The molecule has 0 bridgehead atoms. The summed E-state index contributed by atoms with van der Waals surface area (Å²) in [5.41, 5.74) is -1.55. The van der Waals surface area contributed by atoms with Crippen molar-refractivity contribution in [3.63, 3.8) is 0 Å². The predicted octanol–water partition coefficient (Wildman–Crippen LogP) is 5.61. The average molecular weight is 832 g/mol. The van der Waals surface area contributed by atoms with Gasteiger partial charge in [0.1, 0.15) is 29.4 Å². The van der Waals surface area contributed by atoms with Crippen LogP contribution in [0.25, 0.3) is 11.0 Å². The Bertz CT molecular complexity index is 2180. The zero-order chi connectivity index (χ0) is 41.8. The van der Waals surface area contributed by atoms with Gasteiger partial charge in [-0.15, -0.1) is 0 Å². The number of carbonyl (C=O) groups is 1. The number of unbranched alkanes of at least 4 members (excludes halogenated alkanes) is 1. The normalized spacial score (nSPS) is 23.1. The molecule has 1 saturated carbocycles. The van der Waals surface area contributed by atoms with Gasteiger partial charge in [-0.05, 0) is 95.5 Å². The Balaban J connectivity index is 0.754. The number of benzene rings is 1. The molecule has 17 heteroatoms. The van der Waals surface area contributed by atoms with Gasteiger partial charge < -0.3 is 30.4 Å². The van der Waals surface area contributed by atoms with E-state index in [1.54, 1.807) is 25.4 Å². The molecule has 8 rings (SSSR count). The van der Waals surface area contributed by atoms with Gasteiger partial charge in [-0.2, -0.15) is 4.98 Å². The fourth-order valence-electron chi connectivity index (χ4n) is 9.43. The highest BCUT2D eigenvalue weighted by molar-refractivity contribution is 5.77. The van der Waals surface area contributed by atoms with E-state index < -0.39 is 29.2 Å². The first-order valence-electron chi connectivity index (χ1n) is 21.5. The average Bonchev–Trinajstić information content (AvgIpc) is 3.60. The predicted molar refractivity (Wildman–Crippen MR) is 225 cm³/mol. The highest BCUT2D eigenvalue weighted by Crippen LogP contribution is 2.40. The Morgan fingerprint density at radius 2 is 1.73 bits per heavy atom. The zero-order valence-corrected chi connectivity index (χ0v) is 34.3. The second-order valence-corrected chi connectivity index (χ2v) is 17.1. The van der Waals surface area contributed by atoms with Crippen molar-refractivity contribution >= 4 is 40.2 Å². The second kappa shape index (κ2) is 18.3. The summed E-state index contributed by atoms with van der Waals surface area (Å²) < 4.78 is 42.8. The number of piperidine rings is 2. The number of nitrogens with one attached hydrogen (secondary N) is 2. The highest BCUT2D eigenvalue weighted by atomic mass is 19.3. The van der Waals surface area contributed by atoms with Gasteiger partial charge >= 0.3 is 0 Å². The third-order valence-electron chi connectivity index (χ3n) is 12.8. The first kappa shape index (κ1) is 41.7. The Morgan fingerprint density at radius 1 is 0.917 bits per heavy atom. The molecule has 0 radical (unpaired) electrons. The van der Waals surface area contributed by atoms with Crippen LogP contribution in [0.5, 0.6) is 0 Å². The standard InChI is InChI=1S/C43H56F3N11O3/c1-43(60)14-5-10-35(43)57-40-29(23-34(39(45)46)41(57)59)26-47-42(52-40)51-31-12-17-55(18-13-31)38(58)11-2-3-15-53-19-21-54(22-20-53)37-25-36(48-28-49-37)50-32-8-6-16-56(27-32)33-9-4-7-30(44)24-33/h4,7,9,23-26,28,31-32,35,39,60H,2-3,5-6,8,10-22,27H2,1H3,(H,47,51,52)(H,48,49,50)/t32-,35+,43+/m1/s1. The van der Waals surface area contributed by atoms with Gasteiger partial charge in [0, 0.05) is 94.2 Å². The number of pyridine rings is 1. The van der Waals surface area contributed by atoms with Gasteiger partial charge in [0.25, 0.3) is 12.0 Å². The van der Waals surface area contributed by atoms with Gasteiger partial charge in [-0.3, -0.25) is 19.1 Å². The van der Waals surface area contributed by atoms with Crippen LogP contribution < -0.4 is 26.0 Å². The van der Waals surface area contributed by atoms with Gasteiger partial charge in [-0.25, -0.2) is 28.1 Å². The van der Waals surface area contributed by atoms with Crippen molar-refractivity contribution in [1.82, 2.24) is 34.3 Å². The number of amides is 1. The van der Waals surface area contributed by atoms with E-state index in [-0.39, 0.29) is 35.4 Å². The minimum Gasteiger partial charge on any atom is -0.388 e. The van der Waals surface area contributed by atoms with Crippen LogP contribution >= 0.6 is 0 Å². The number of likely N-dealkylation sites (tertiary alicyclic amines) is 1. The van der Waals surface area contributed by atoms with Crippen LogP contribution in [0.4, 0.5) is 36.4 Å². The smallest absolute Gasteiger partial charge is 0.269 e. The molecule has 1 aromatic carbocycles. The first-order chi connectivity index (χ1) is 29.0. The summed E-state index contributed by atoms with van der Waals surface area (Å²) in [7, 11) is 0. The minimum absolute atomic E-state index is 0.00132. The van der Waals surface area contributed by atoms with Crippen molar-refractivity contribution < 1.29 is 23.1 Å². The number of hydrogen-bond donors (Lipinski definition) is 3. The Labute approximate surface area is 348 Å². The molecule has 3 aromatic heterocycles. The van der Waals surface area contributed by atoms with E-state index in [1.807, 2.05) is 17.0 Å². The topological polar surface area (TPSA) is 148 Å². The first-order valence-corrected chi connectivity index (χ1v) is 21.5. The molecule has 3 saturated heterocycles.